The molecule has 0 aliphatic carbocycles. The van der Waals surface area contributed by atoms with Gasteiger partial charge in [0.05, 0.1) is 24.5 Å². The first-order valence-corrected chi connectivity index (χ1v) is 7.10. The van der Waals surface area contributed by atoms with Crippen molar-refractivity contribution in [3.05, 3.63) is 51.2 Å². The van der Waals surface area contributed by atoms with Gasteiger partial charge < -0.3 is 15.0 Å². The molecule has 0 spiro atoms. The first kappa shape index (κ1) is 17.3. The molecule has 0 aromatic carbocycles. The van der Waals surface area contributed by atoms with Crippen molar-refractivity contribution in [3.63, 3.8) is 0 Å². The van der Waals surface area contributed by atoms with E-state index in [2.05, 4.69) is 15.0 Å². The normalized spacial score (nSPS) is 11.0. The Kier molecular flexibility index (Phi) is 5.08. The van der Waals surface area contributed by atoms with E-state index < -0.39 is 23.8 Å². The molecule has 0 atom stereocenters. The molecule has 0 saturated carbocycles. The van der Waals surface area contributed by atoms with Crippen LogP contribution in [-0.4, -0.2) is 40.1 Å². The average molecular weight is 332 g/mol. The van der Waals surface area contributed by atoms with E-state index in [-0.39, 0.29) is 11.4 Å². The fourth-order valence-electron chi connectivity index (χ4n) is 2.19. The molecule has 0 aliphatic heterocycles. The molecule has 0 amide bonds. The van der Waals surface area contributed by atoms with Crippen molar-refractivity contribution in [2.75, 3.05) is 19.0 Å². The summed E-state index contributed by atoms with van der Waals surface area (Å²) >= 11 is 0. The van der Waals surface area contributed by atoms with Gasteiger partial charge in [0.2, 0.25) is 0 Å². The number of rotatable bonds is 5. The SMILES string of the molecule is Cc1nc(/C=C/c2c(F)cncc2N(C)C)[nH]c(=O)c1CC(=O)O. The largest absolute Gasteiger partial charge is 0.481 e. The number of hydrogen-bond donors (Lipinski definition) is 2. The zero-order valence-electron chi connectivity index (χ0n) is 13.5. The van der Waals surface area contributed by atoms with Crippen LogP contribution >= 0.6 is 0 Å². The number of aromatic nitrogens is 3. The average Bonchev–Trinajstić information content (AvgIpc) is 2.49. The Labute approximate surface area is 137 Å². The summed E-state index contributed by atoms with van der Waals surface area (Å²) in [5, 5.41) is 8.80. The summed E-state index contributed by atoms with van der Waals surface area (Å²) in [6.45, 7) is 1.56. The third kappa shape index (κ3) is 3.83. The van der Waals surface area contributed by atoms with Crippen LogP contribution in [0.5, 0.6) is 0 Å². The summed E-state index contributed by atoms with van der Waals surface area (Å²) in [5.41, 5.74) is 0.790. The third-order valence-electron chi connectivity index (χ3n) is 3.38. The van der Waals surface area contributed by atoms with Gasteiger partial charge in [0.1, 0.15) is 5.82 Å². The van der Waals surface area contributed by atoms with Crippen LogP contribution in [0.2, 0.25) is 0 Å². The highest BCUT2D eigenvalue weighted by atomic mass is 19.1. The number of carboxylic acid groups (broad SMARTS) is 1. The summed E-state index contributed by atoms with van der Waals surface area (Å²) in [7, 11) is 3.53. The van der Waals surface area contributed by atoms with E-state index in [1.54, 1.807) is 25.9 Å². The molecule has 0 unspecified atom stereocenters. The fourth-order valence-corrected chi connectivity index (χ4v) is 2.19. The van der Waals surface area contributed by atoms with Crippen molar-refractivity contribution in [1.29, 1.82) is 0 Å². The Bertz CT molecular complexity index is 859. The van der Waals surface area contributed by atoms with Crippen LogP contribution in [0.3, 0.4) is 0 Å². The van der Waals surface area contributed by atoms with Crippen LogP contribution in [0.4, 0.5) is 10.1 Å². The molecule has 0 radical (unpaired) electrons. The van der Waals surface area contributed by atoms with Gasteiger partial charge in [-0.2, -0.15) is 0 Å². The number of H-pyrrole nitrogens is 1. The predicted molar refractivity (Wildman–Crippen MR) is 88.4 cm³/mol. The van der Waals surface area contributed by atoms with Crippen molar-refractivity contribution < 1.29 is 14.3 Å². The minimum atomic E-state index is -1.11. The van der Waals surface area contributed by atoms with Crippen molar-refractivity contribution in [1.82, 2.24) is 15.0 Å². The van der Waals surface area contributed by atoms with E-state index in [9.17, 15) is 14.0 Å². The lowest BCUT2D eigenvalue weighted by Crippen LogP contribution is -2.20. The number of anilines is 1. The smallest absolute Gasteiger partial charge is 0.308 e. The van der Waals surface area contributed by atoms with Gasteiger partial charge in [-0.05, 0) is 19.1 Å². The monoisotopic (exact) mass is 332 g/mol. The molecule has 8 heteroatoms. The Morgan fingerprint density at radius 3 is 2.67 bits per heavy atom. The highest BCUT2D eigenvalue weighted by Crippen LogP contribution is 2.22. The summed E-state index contributed by atoms with van der Waals surface area (Å²) < 4.78 is 14.0. The fraction of sp³-hybridized carbons (Fsp3) is 0.250. The zero-order valence-corrected chi connectivity index (χ0v) is 13.5. The topological polar surface area (TPSA) is 99.2 Å². The molecule has 7 nitrogen and oxygen atoms in total. The Hall–Kier alpha value is -3.03. The number of aliphatic carboxylic acids is 1. The molecular formula is C16H17FN4O3. The zero-order chi connectivity index (χ0) is 17.9. The molecule has 2 aromatic rings. The molecular weight excluding hydrogens is 315 g/mol. The van der Waals surface area contributed by atoms with Crippen LogP contribution in [0.1, 0.15) is 22.6 Å². The second-order valence-electron chi connectivity index (χ2n) is 5.37. The minimum Gasteiger partial charge on any atom is -0.481 e. The molecule has 2 aromatic heterocycles. The molecule has 24 heavy (non-hydrogen) atoms. The number of pyridine rings is 1. The second kappa shape index (κ2) is 7.03. The molecule has 2 heterocycles. The molecule has 0 aliphatic rings. The van der Waals surface area contributed by atoms with Crippen LogP contribution in [0.15, 0.2) is 17.2 Å². The van der Waals surface area contributed by atoms with Crippen molar-refractivity contribution in [2.24, 2.45) is 0 Å². The van der Waals surface area contributed by atoms with Gasteiger partial charge in [-0.25, -0.2) is 9.37 Å². The number of carbonyl (C=O) groups is 1. The molecule has 0 bridgehead atoms. The van der Waals surface area contributed by atoms with Gasteiger partial charge in [0, 0.05) is 30.9 Å². The maximum absolute atomic E-state index is 14.0. The molecule has 0 fully saturated rings. The lowest BCUT2D eigenvalue weighted by atomic mass is 10.1. The lowest BCUT2D eigenvalue weighted by Gasteiger charge is -2.15. The Balaban J connectivity index is 2.41. The van der Waals surface area contributed by atoms with E-state index in [1.807, 2.05) is 0 Å². The van der Waals surface area contributed by atoms with Crippen molar-refractivity contribution in [3.8, 4) is 0 Å². The highest BCUT2D eigenvalue weighted by Gasteiger charge is 2.12. The van der Waals surface area contributed by atoms with Gasteiger partial charge in [-0.1, -0.05) is 0 Å². The number of hydrogen-bond acceptors (Lipinski definition) is 5. The maximum Gasteiger partial charge on any atom is 0.308 e. The minimum absolute atomic E-state index is 0.101. The summed E-state index contributed by atoms with van der Waals surface area (Å²) in [6, 6.07) is 0. The van der Waals surface area contributed by atoms with Gasteiger partial charge in [0.25, 0.3) is 5.56 Å². The van der Waals surface area contributed by atoms with Gasteiger partial charge in [-0.3, -0.25) is 14.6 Å². The maximum atomic E-state index is 14.0. The van der Waals surface area contributed by atoms with E-state index in [0.29, 0.717) is 16.9 Å². The van der Waals surface area contributed by atoms with Gasteiger partial charge in [0.15, 0.2) is 5.82 Å². The Morgan fingerprint density at radius 2 is 2.08 bits per heavy atom. The van der Waals surface area contributed by atoms with Crippen LogP contribution in [0.25, 0.3) is 12.2 Å². The lowest BCUT2D eigenvalue weighted by molar-refractivity contribution is -0.136. The first-order valence-electron chi connectivity index (χ1n) is 7.10. The van der Waals surface area contributed by atoms with Gasteiger partial charge >= 0.3 is 5.97 Å². The van der Waals surface area contributed by atoms with E-state index >= 15 is 0 Å². The third-order valence-corrected chi connectivity index (χ3v) is 3.38. The molecule has 126 valence electrons. The number of halogens is 1. The van der Waals surface area contributed by atoms with Crippen molar-refractivity contribution in [2.45, 2.75) is 13.3 Å². The van der Waals surface area contributed by atoms with Crippen molar-refractivity contribution >= 4 is 23.8 Å². The van der Waals surface area contributed by atoms with Gasteiger partial charge in [-0.15, -0.1) is 0 Å². The number of aryl methyl sites for hydroxylation is 1. The quantitative estimate of drug-likeness (QED) is 0.860. The summed E-state index contributed by atoms with van der Waals surface area (Å²) in [4.78, 5) is 34.9. The van der Waals surface area contributed by atoms with Crippen LogP contribution < -0.4 is 10.5 Å². The molecule has 2 N–H and O–H groups in total. The van der Waals surface area contributed by atoms with Crippen LogP contribution in [-0.2, 0) is 11.2 Å². The Morgan fingerprint density at radius 1 is 1.38 bits per heavy atom. The highest BCUT2D eigenvalue weighted by molar-refractivity contribution is 5.75. The summed E-state index contributed by atoms with van der Waals surface area (Å²) in [6.07, 6.45) is 5.18. The molecule has 2 rings (SSSR count). The number of nitrogens with one attached hydrogen (secondary N) is 1. The number of aromatic amines is 1. The predicted octanol–water partition coefficient (Wildman–Crippen LogP) is 1.48. The number of nitrogens with zero attached hydrogens (tertiary/aromatic N) is 3. The van der Waals surface area contributed by atoms with E-state index in [4.69, 9.17) is 5.11 Å². The van der Waals surface area contributed by atoms with E-state index in [1.165, 1.54) is 18.3 Å². The van der Waals surface area contributed by atoms with Crippen LogP contribution in [0, 0.1) is 12.7 Å². The first-order chi connectivity index (χ1) is 11.3. The second-order valence-corrected chi connectivity index (χ2v) is 5.37. The van der Waals surface area contributed by atoms with E-state index in [0.717, 1.165) is 6.20 Å². The molecule has 0 saturated heterocycles. The number of carboxylic acids is 1. The standard InChI is InChI=1S/C16H17FN4O3/c1-9-11(6-15(22)23)16(24)20-14(19-9)5-4-10-12(17)7-18-8-13(10)21(2)3/h4-5,7-8H,6H2,1-3H3,(H,22,23)(H,19,20,24)/b5-4+. The summed E-state index contributed by atoms with van der Waals surface area (Å²) in [5.74, 6) is -1.39.